The fourth-order valence-corrected chi connectivity index (χ4v) is 3.50. The summed E-state index contributed by atoms with van der Waals surface area (Å²) in [7, 11) is 0. The average Bonchev–Trinajstić information content (AvgIpc) is 3.04. The highest BCUT2D eigenvalue weighted by Gasteiger charge is 2.15. The molecule has 0 spiro atoms. The molecule has 0 saturated carbocycles. The summed E-state index contributed by atoms with van der Waals surface area (Å²) < 4.78 is 7.43. The molecule has 26 heavy (non-hydrogen) atoms. The molecule has 1 fully saturated rings. The summed E-state index contributed by atoms with van der Waals surface area (Å²) in [6, 6.07) is 10.6. The molecular weight excluding hydrogens is 324 g/mol. The Labute approximate surface area is 154 Å². The Kier molecular flexibility index (Phi) is 4.47. The van der Waals surface area contributed by atoms with Gasteiger partial charge in [-0.3, -0.25) is 4.98 Å². The number of benzene rings is 1. The smallest absolute Gasteiger partial charge is 0.0974 e. The Bertz CT molecular complexity index is 926. The van der Waals surface area contributed by atoms with Crippen molar-refractivity contribution in [3.63, 3.8) is 0 Å². The monoisotopic (exact) mass is 348 g/mol. The van der Waals surface area contributed by atoms with Gasteiger partial charge in [-0.05, 0) is 62.2 Å². The van der Waals surface area contributed by atoms with Crippen LogP contribution in [0.15, 0.2) is 42.7 Å². The first-order valence-corrected chi connectivity index (χ1v) is 9.05. The number of nitrogens with zero attached hydrogens (tertiary/aromatic N) is 4. The zero-order valence-electron chi connectivity index (χ0n) is 15.6. The number of pyridine rings is 1. The van der Waals surface area contributed by atoms with Crippen molar-refractivity contribution < 1.29 is 4.74 Å². The van der Waals surface area contributed by atoms with Gasteiger partial charge in [0.05, 0.1) is 24.6 Å². The highest BCUT2D eigenvalue weighted by atomic mass is 16.5. The molecule has 5 nitrogen and oxygen atoms in total. The maximum absolute atomic E-state index is 5.45. The second kappa shape index (κ2) is 6.92. The van der Waals surface area contributed by atoms with E-state index in [0.717, 1.165) is 54.5 Å². The molecule has 1 aromatic carbocycles. The van der Waals surface area contributed by atoms with Gasteiger partial charge in [-0.2, -0.15) is 5.10 Å². The van der Waals surface area contributed by atoms with E-state index in [2.05, 4.69) is 54.2 Å². The first-order chi connectivity index (χ1) is 12.6. The van der Waals surface area contributed by atoms with Crippen LogP contribution < -0.4 is 4.90 Å². The highest BCUT2D eigenvalue weighted by molar-refractivity contribution is 5.65. The van der Waals surface area contributed by atoms with E-state index < -0.39 is 0 Å². The molecule has 0 radical (unpaired) electrons. The number of hydrogen-bond donors (Lipinski definition) is 0. The zero-order chi connectivity index (χ0) is 18.1. The second-order valence-corrected chi connectivity index (χ2v) is 6.81. The predicted octanol–water partition coefficient (Wildman–Crippen LogP) is 3.70. The standard InChI is InChI=1S/C21H24N4O/c1-15-13-18(24-9-11-26-12-10-24)6-7-20(15)25-14-16(2)21(23-25)19-5-4-8-22-17(19)3/h4-8,13-14H,9-12H2,1-3H3. The van der Waals surface area contributed by atoms with E-state index in [9.17, 15) is 0 Å². The lowest BCUT2D eigenvalue weighted by Gasteiger charge is -2.29. The topological polar surface area (TPSA) is 43.2 Å². The van der Waals surface area contributed by atoms with Crippen LogP contribution in [0.1, 0.15) is 16.8 Å². The van der Waals surface area contributed by atoms with Crippen LogP contribution in [-0.4, -0.2) is 41.1 Å². The third-order valence-corrected chi connectivity index (χ3v) is 4.96. The van der Waals surface area contributed by atoms with Crippen LogP contribution in [0, 0.1) is 20.8 Å². The van der Waals surface area contributed by atoms with Gasteiger partial charge in [0.2, 0.25) is 0 Å². The van der Waals surface area contributed by atoms with Crippen LogP contribution >= 0.6 is 0 Å². The van der Waals surface area contributed by atoms with Gasteiger partial charge in [-0.25, -0.2) is 4.68 Å². The molecule has 1 aliphatic rings. The van der Waals surface area contributed by atoms with Gasteiger partial charge in [-0.15, -0.1) is 0 Å². The van der Waals surface area contributed by atoms with Crippen LogP contribution in [0.3, 0.4) is 0 Å². The van der Waals surface area contributed by atoms with Crippen molar-refractivity contribution >= 4 is 5.69 Å². The molecule has 134 valence electrons. The summed E-state index contributed by atoms with van der Waals surface area (Å²) >= 11 is 0. The van der Waals surface area contributed by atoms with E-state index in [0.29, 0.717) is 0 Å². The quantitative estimate of drug-likeness (QED) is 0.724. The average molecular weight is 348 g/mol. The van der Waals surface area contributed by atoms with E-state index in [1.54, 1.807) is 0 Å². The van der Waals surface area contributed by atoms with Crippen LogP contribution in [-0.2, 0) is 4.74 Å². The summed E-state index contributed by atoms with van der Waals surface area (Å²) in [6.45, 7) is 9.76. The molecule has 3 heterocycles. The summed E-state index contributed by atoms with van der Waals surface area (Å²) in [5, 5.41) is 4.86. The minimum Gasteiger partial charge on any atom is -0.378 e. The van der Waals surface area contributed by atoms with E-state index in [-0.39, 0.29) is 0 Å². The molecule has 0 aliphatic carbocycles. The SMILES string of the molecule is Cc1cc(N2CCOCC2)ccc1-n1cc(C)c(-c2cccnc2C)n1. The number of rotatable bonds is 3. The van der Waals surface area contributed by atoms with E-state index >= 15 is 0 Å². The molecular formula is C21H24N4O. The van der Waals surface area contributed by atoms with Gasteiger partial charge < -0.3 is 9.64 Å². The van der Waals surface area contributed by atoms with Crippen LogP contribution in [0.5, 0.6) is 0 Å². The van der Waals surface area contributed by atoms with Crippen molar-refractivity contribution in [3.05, 3.63) is 59.5 Å². The van der Waals surface area contributed by atoms with Gasteiger partial charge in [0.1, 0.15) is 0 Å². The molecule has 1 saturated heterocycles. The summed E-state index contributed by atoms with van der Waals surface area (Å²) in [6.07, 6.45) is 3.91. The number of hydrogen-bond acceptors (Lipinski definition) is 4. The molecule has 0 amide bonds. The van der Waals surface area contributed by atoms with Gasteiger partial charge >= 0.3 is 0 Å². The van der Waals surface area contributed by atoms with Crippen molar-refractivity contribution in [1.29, 1.82) is 0 Å². The summed E-state index contributed by atoms with van der Waals surface area (Å²) in [4.78, 5) is 6.77. The van der Waals surface area contributed by atoms with Crippen molar-refractivity contribution in [1.82, 2.24) is 14.8 Å². The Balaban J connectivity index is 1.68. The fraction of sp³-hybridized carbons (Fsp3) is 0.333. The second-order valence-electron chi connectivity index (χ2n) is 6.81. The van der Waals surface area contributed by atoms with Crippen LogP contribution in [0.25, 0.3) is 16.9 Å². The first kappa shape index (κ1) is 16.8. The van der Waals surface area contributed by atoms with Crippen molar-refractivity contribution in [2.24, 2.45) is 0 Å². The minimum atomic E-state index is 0.799. The Hall–Kier alpha value is -2.66. The van der Waals surface area contributed by atoms with Gasteiger partial charge in [0, 0.05) is 42.4 Å². The molecule has 5 heteroatoms. The summed E-state index contributed by atoms with van der Waals surface area (Å²) in [5.74, 6) is 0. The maximum atomic E-state index is 5.45. The van der Waals surface area contributed by atoms with Gasteiger partial charge in [0.15, 0.2) is 0 Å². The highest BCUT2D eigenvalue weighted by Crippen LogP contribution is 2.27. The Morgan fingerprint density at radius 2 is 1.81 bits per heavy atom. The van der Waals surface area contributed by atoms with Crippen molar-refractivity contribution in [3.8, 4) is 16.9 Å². The van der Waals surface area contributed by atoms with E-state index in [4.69, 9.17) is 9.84 Å². The zero-order valence-corrected chi connectivity index (χ0v) is 15.6. The van der Waals surface area contributed by atoms with Gasteiger partial charge in [0.25, 0.3) is 0 Å². The fourth-order valence-electron chi connectivity index (χ4n) is 3.50. The lowest BCUT2D eigenvalue weighted by Crippen LogP contribution is -2.36. The molecule has 1 aliphatic heterocycles. The molecule has 0 N–H and O–H groups in total. The lowest BCUT2D eigenvalue weighted by molar-refractivity contribution is 0.122. The minimum absolute atomic E-state index is 0.799. The molecule has 0 bridgehead atoms. The summed E-state index contributed by atoms with van der Waals surface area (Å²) in [5.41, 5.74) is 7.81. The third-order valence-electron chi connectivity index (χ3n) is 4.96. The Morgan fingerprint density at radius 3 is 2.54 bits per heavy atom. The van der Waals surface area contributed by atoms with Crippen molar-refractivity contribution in [2.75, 3.05) is 31.2 Å². The molecule has 0 unspecified atom stereocenters. The molecule has 3 aromatic rings. The molecule has 0 atom stereocenters. The maximum Gasteiger partial charge on any atom is 0.0974 e. The molecule has 2 aromatic heterocycles. The van der Waals surface area contributed by atoms with Crippen LogP contribution in [0.2, 0.25) is 0 Å². The number of aryl methyl sites for hydroxylation is 3. The lowest BCUT2D eigenvalue weighted by atomic mass is 10.1. The number of morpholine rings is 1. The third kappa shape index (κ3) is 3.10. The van der Waals surface area contributed by atoms with E-state index in [1.165, 1.54) is 11.3 Å². The normalized spacial score (nSPS) is 14.7. The first-order valence-electron chi connectivity index (χ1n) is 9.05. The van der Waals surface area contributed by atoms with Crippen molar-refractivity contribution in [2.45, 2.75) is 20.8 Å². The number of aromatic nitrogens is 3. The Morgan fingerprint density at radius 1 is 1.00 bits per heavy atom. The number of ether oxygens (including phenoxy) is 1. The number of anilines is 1. The largest absolute Gasteiger partial charge is 0.378 e. The van der Waals surface area contributed by atoms with E-state index in [1.807, 2.05) is 23.9 Å². The molecule has 4 rings (SSSR count). The van der Waals surface area contributed by atoms with Gasteiger partial charge in [-0.1, -0.05) is 0 Å². The van der Waals surface area contributed by atoms with Crippen LogP contribution in [0.4, 0.5) is 5.69 Å². The predicted molar refractivity (Wildman–Crippen MR) is 104 cm³/mol.